The molecule has 3 heterocycles. The molecule has 3 atom stereocenters. The molecule has 0 bridgehead atoms. The predicted octanol–water partition coefficient (Wildman–Crippen LogP) is 5.34. The fraction of sp³-hybridized carbons (Fsp3) is 0.692. The van der Waals surface area contributed by atoms with Crippen molar-refractivity contribution in [1.29, 1.82) is 0 Å². The Labute approximate surface area is 219 Å². The van der Waals surface area contributed by atoms with Crippen molar-refractivity contribution in [2.75, 3.05) is 5.73 Å². The van der Waals surface area contributed by atoms with E-state index < -0.39 is 43.9 Å². The lowest BCUT2D eigenvalue weighted by Gasteiger charge is -2.41. The van der Waals surface area contributed by atoms with Gasteiger partial charge in [-0.2, -0.15) is 14.4 Å². The van der Waals surface area contributed by atoms with Crippen molar-refractivity contribution in [3.63, 3.8) is 0 Å². The molecule has 0 aromatic carbocycles. The summed E-state index contributed by atoms with van der Waals surface area (Å²) in [7, 11) is -2.39. The minimum atomic E-state index is -2.39. The number of ether oxygens (including phenoxy) is 2. The van der Waals surface area contributed by atoms with E-state index >= 15 is 0 Å². The van der Waals surface area contributed by atoms with Crippen molar-refractivity contribution in [1.82, 2.24) is 19.5 Å². The largest absolute Gasteiger partial charge is 0.418 e. The molecule has 3 rings (SSSR count). The highest BCUT2D eigenvalue weighted by Crippen LogP contribution is 2.46. The van der Waals surface area contributed by atoms with Gasteiger partial charge in [-0.1, -0.05) is 47.5 Å². The number of terminal acetylenes is 1. The van der Waals surface area contributed by atoms with Gasteiger partial charge in [0.2, 0.25) is 0 Å². The summed E-state index contributed by atoms with van der Waals surface area (Å²) < 4.78 is 34.7. The first-order valence-corrected chi connectivity index (χ1v) is 15.8. The quantitative estimate of drug-likeness (QED) is 0.199. The van der Waals surface area contributed by atoms with Gasteiger partial charge in [-0.3, -0.25) is 9.36 Å². The van der Waals surface area contributed by atoms with Crippen LogP contribution < -0.4 is 5.73 Å². The fourth-order valence-electron chi connectivity index (χ4n) is 4.55. The molecule has 2 N–H and O–H groups in total. The van der Waals surface area contributed by atoms with Crippen LogP contribution in [-0.2, 0) is 18.7 Å². The number of halogens is 1. The Morgan fingerprint density at radius 3 is 2.46 bits per heavy atom. The first-order valence-electron chi connectivity index (χ1n) is 12.9. The van der Waals surface area contributed by atoms with Gasteiger partial charge in [-0.15, -0.1) is 6.42 Å². The van der Waals surface area contributed by atoms with Crippen LogP contribution >= 0.6 is 0 Å². The molecule has 2 aromatic rings. The van der Waals surface area contributed by atoms with Gasteiger partial charge in [0.15, 0.2) is 25.3 Å². The molecule has 0 amide bonds. The number of carbonyl (C=O) groups is 1. The monoisotopic (exact) mass is 533 g/mol. The normalized spacial score (nSPS) is 22.8. The number of hydrogen-bond donors (Lipinski definition) is 1. The number of hydrogen-bond acceptors (Lipinski definition) is 8. The lowest BCUT2D eigenvalue weighted by molar-refractivity contribution is -0.232. The Morgan fingerprint density at radius 2 is 1.92 bits per heavy atom. The number of carbonyl (C=O) groups excluding carboxylic acids is 1. The van der Waals surface area contributed by atoms with Crippen LogP contribution in [0.4, 0.5) is 10.2 Å². The van der Waals surface area contributed by atoms with Crippen molar-refractivity contribution in [3.05, 3.63) is 12.4 Å². The molecule has 37 heavy (non-hydrogen) atoms. The molecule has 0 saturated carbocycles. The molecule has 0 unspecified atom stereocenters. The Kier molecular flexibility index (Phi) is 8.08. The predicted molar refractivity (Wildman–Crippen MR) is 142 cm³/mol. The second kappa shape index (κ2) is 10.3. The van der Waals surface area contributed by atoms with Crippen LogP contribution in [0.5, 0.6) is 0 Å². The summed E-state index contributed by atoms with van der Waals surface area (Å²) in [6, 6.07) is 0. The van der Waals surface area contributed by atoms with Gasteiger partial charge < -0.3 is 19.6 Å². The minimum absolute atomic E-state index is 0.0853. The summed E-state index contributed by atoms with van der Waals surface area (Å²) >= 11 is 0. The fourth-order valence-corrected chi connectivity index (χ4v) is 5.87. The van der Waals surface area contributed by atoms with Gasteiger partial charge in [0.05, 0.1) is 11.7 Å². The zero-order valence-electron chi connectivity index (χ0n) is 23.2. The molecule has 204 valence electrons. The summed E-state index contributed by atoms with van der Waals surface area (Å²) in [5, 5.41) is -0.138. The number of aromatic nitrogens is 4. The van der Waals surface area contributed by atoms with Gasteiger partial charge in [0, 0.05) is 6.42 Å². The third-order valence-electron chi connectivity index (χ3n) is 7.67. The van der Waals surface area contributed by atoms with Crippen LogP contribution in [0.2, 0.25) is 18.1 Å². The van der Waals surface area contributed by atoms with Crippen molar-refractivity contribution >= 4 is 31.3 Å². The summed E-state index contributed by atoms with van der Waals surface area (Å²) in [5.74, 6) is 0.325. The van der Waals surface area contributed by atoms with E-state index in [1.807, 2.05) is 20.8 Å². The Balaban J connectivity index is 2.07. The van der Waals surface area contributed by atoms with E-state index in [9.17, 15) is 9.18 Å². The molecule has 1 fully saturated rings. The van der Waals surface area contributed by atoms with Crippen molar-refractivity contribution in [2.24, 2.45) is 5.41 Å². The molecular formula is C26H40FN5O4Si. The number of imidazole rings is 1. The van der Waals surface area contributed by atoms with Gasteiger partial charge in [-0.25, -0.2) is 4.98 Å². The third-order valence-corrected chi connectivity index (χ3v) is 12.2. The van der Waals surface area contributed by atoms with Gasteiger partial charge in [0.1, 0.15) is 12.3 Å². The molecule has 0 spiro atoms. The SMILES string of the molecule is C#C[C@]1(OC(=O)C(C)(CCC)CCC)O[C@@H](n2cnc3c(N)nc(F)nc32)C[C@@H]1O[Si](C)(C)C(C)(C)C. The van der Waals surface area contributed by atoms with Crippen molar-refractivity contribution < 1.29 is 23.1 Å². The Hall–Kier alpha value is -2.55. The molecule has 0 radical (unpaired) electrons. The van der Waals surface area contributed by atoms with E-state index in [1.54, 1.807) is 0 Å². The highest BCUT2D eigenvalue weighted by Gasteiger charge is 2.57. The zero-order valence-corrected chi connectivity index (χ0v) is 24.2. The number of anilines is 1. The van der Waals surface area contributed by atoms with Crippen molar-refractivity contribution in [3.8, 4) is 12.3 Å². The van der Waals surface area contributed by atoms with E-state index in [0.29, 0.717) is 12.8 Å². The molecule has 1 aliphatic rings. The first kappa shape index (κ1) is 29.0. The van der Waals surface area contributed by atoms with Crippen LogP contribution in [0.15, 0.2) is 6.33 Å². The average Bonchev–Trinajstić information content (AvgIpc) is 3.35. The molecule has 9 nitrogen and oxygen atoms in total. The molecule has 0 aliphatic carbocycles. The smallest absolute Gasteiger partial charge is 0.315 e. The molecule has 1 saturated heterocycles. The highest BCUT2D eigenvalue weighted by atomic mass is 28.4. The molecular weight excluding hydrogens is 493 g/mol. The summed E-state index contributed by atoms with van der Waals surface area (Å²) in [5.41, 5.74) is 5.52. The second-order valence-electron chi connectivity index (χ2n) is 11.6. The number of nitrogen functional groups attached to an aromatic ring is 1. The topological polar surface area (TPSA) is 114 Å². The number of nitrogens with two attached hydrogens (primary N) is 1. The number of fused-ring (bicyclic) bond motifs is 1. The maximum atomic E-state index is 14.0. The van der Waals surface area contributed by atoms with Crippen LogP contribution in [-0.4, -0.2) is 45.7 Å². The number of esters is 1. The maximum Gasteiger partial charge on any atom is 0.315 e. The zero-order chi connectivity index (χ0) is 27.8. The number of nitrogens with zero attached hydrogens (tertiary/aromatic N) is 4. The number of rotatable bonds is 9. The van der Waals surface area contributed by atoms with E-state index in [1.165, 1.54) is 10.9 Å². The summed E-state index contributed by atoms with van der Waals surface area (Å²) in [4.78, 5) is 25.3. The van der Waals surface area contributed by atoms with Crippen molar-refractivity contribution in [2.45, 2.75) is 110 Å². The van der Waals surface area contributed by atoms with E-state index in [-0.39, 0.29) is 28.4 Å². The van der Waals surface area contributed by atoms with Crippen LogP contribution in [0, 0.1) is 23.8 Å². The maximum absolute atomic E-state index is 14.0. The van der Waals surface area contributed by atoms with Crippen LogP contribution in [0.3, 0.4) is 0 Å². The Bertz CT molecular complexity index is 1180. The van der Waals surface area contributed by atoms with Crippen LogP contribution in [0.1, 0.15) is 79.9 Å². The lowest BCUT2D eigenvalue weighted by Crippen LogP contribution is -2.53. The van der Waals surface area contributed by atoms with Crippen LogP contribution in [0.25, 0.3) is 11.2 Å². The van der Waals surface area contributed by atoms with Gasteiger partial charge >= 0.3 is 17.8 Å². The van der Waals surface area contributed by atoms with E-state index in [2.05, 4.69) is 54.7 Å². The first-order chi connectivity index (χ1) is 17.1. The summed E-state index contributed by atoms with van der Waals surface area (Å²) in [6.07, 6.45) is 8.13. The van der Waals surface area contributed by atoms with Gasteiger partial charge in [-0.05, 0) is 43.8 Å². The molecule has 1 aliphatic heterocycles. The minimum Gasteiger partial charge on any atom is -0.418 e. The highest BCUT2D eigenvalue weighted by molar-refractivity contribution is 6.74. The third kappa shape index (κ3) is 5.51. The van der Waals surface area contributed by atoms with E-state index in [4.69, 9.17) is 26.1 Å². The molecule has 2 aromatic heterocycles. The lowest BCUT2D eigenvalue weighted by atomic mass is 9.81. The Morgan fingerprint density at radius 1 is 1.30 bits per heavy atom. The summed E-state index contributed by atoms with van der Waals surface area (Å²) in [6.45, 7) is 16.5. The van der Waals surface area contributed by atoms with E-state index in [0.717, 1.165) is 12.8 Å². The molecule has 11 heteroatoms. The average molecular weight is 534 g/mol. The van der Waals surface area contributed by atoms with Gasteiger partial charge in [0.25, 0.3) is 0 Å². The second-order valence-corrected chi connectivity index (χ2v) is 16.4. The standard InChI is InChI=1S/C26H40FN5O4Si/c1-10-13-25(7,14-11-2)22(33)35-26(12-3)17(36-37(8,9)24(4,5)6)15-18(34-26)32-16-29-19-20(28)30-23(27)31-21(19)32/h3,16-18H,10-11,13-15H2,1-2,4-9H3,(H2,28,30,31)/t17-,18+,26+/m0/s1.